The Labute approximate surface area is 97.2 Å². The lowest BCUT2D eigenvalue weighted by atomic mass is 10.1. The van der Waals surface area contributed by atoms with Gasteiger partial charge in [-0.3, -0.25) is 0 Å². The van der Waals surface area contributed by atoms with Crippen LogP contribution in [0.15, 0.2) is 12.1 Å². The van der Waals surface area contributed by atoms with Crippen molar-refractivity contribution in [3.05, 3.63) is 28.8 Å². The number of aliphatic hydroxyl groups is 1. The van der Waals surface area contributed by atoms with Crippen LogP contribution in [0.4, 0.5) is 0 Å². The molecule has 90 valence electrons. The van der Waals surface area contributed by atoms with Gasteiger partial charge in [0, 0.05) is 19.1 Å². The van der Waals surface area contributed by atoms with Crippen LogP contribution in [0.5, 0.6) is 5.75 Å². The third-order valence-electron chi connectivity index (χ3n) is 2.58. The van der Waals surface area contributed by atoms with Crippen LogP contribution in [-0.4, -0.2) is 18.3 Å². The number of nitrogens with two attached hydrogens (primary N) is 1. The minimum atomic E-state index is 0.152. The summed E-state index contributed by atoms with van der Waals surface area (Å²) in [4.78, 5) is 0. The van der Waals surface area contributed by atoms with Crippen molar-refractivity contribution < 1.29 is 9.84 Å². The van der Waals surface area contributed by atoms with Gasteiger partial charge in [-0.1, -0.05) is 19.1 Å². The van der Waals surface area contributed by atoms with E-state index in [4.69, 9.17) is 15.6 Å². The molecule has 0 heterocycles. The molecule has 1 atom stereocenters. The molecule has 3 nitrogen and oxygen atoms in total. The summed E-state index contributed by atoms with van der Waals surface area (Å²) < 4.78 is 5.72. The van der Waals surface area contributed by atoms with Crippen molar-refractivity contribution in [2.45, 2.75) is 27.3 Å². The van der Waals surface area contributed by atoms with Crippen LogP contribution >= 0.6 is 0 Å². The first-order valence-electron chi connectivity index (χ1n) is 5.62. The summed E-state index contributed by atoms with van der Waals surface area (Å²) in [6.07, 6.45) is 0. The quantitative estimate of drug-likeness (QED) is 0.800. The molecule has 3 N–H and O–H groups in total. The molecule has 0 bridgehead atoms. The highest BCUT2D eigenvalue weighted by Gasteiger charge is 2.08. The highest BCUT2D eigenvalue weighted by molar-refractivity contribution is 5.43. The van der Waals surface area contributed by atoms with Crippen LogP contribution in [0.25, 0.3) is 0 Å². The Morgan fingerprint density at radius 2 is 1.88 bits per heavy atom. The van der Waals surface area contributed by atoms with Crippen LogP contribution in [0.2, 0.25) is 0 Å². The SMILES string of the molecule is Cc1cc(CN)cc(C)c1OCC(C)CO. The van der Waals surface area contributed by atoms with E-state index >= 15 is 0 Å². The van der Waals surface area contributed by atoms with E-state index in [0.29, 0.717) is 13.2 Å². The Hall–Kier alpha value is -1.06. The van der Waals surface area contributed by atoms with Crippen molar-refractivity contribution in [2.24, 2.45) is 11.7 Å². The van der Waals surface area contributed by atoms with Crippen molar-refractivity contribution >= 4 is 0 Å². The average Bonchev–Trinajstić information content (AvgIpc) is 2.27. The van der Waals surface area contributed by atoms with Gasteiger partial charge in [0.1, 0.15) is 5.75 Å². The summed E-state index contributed by atoms with van der Waals surface area (Å²) in [5, 5.41) is 8.94. The van der Waals surface area contributed by atoms with Gasteiger partial charge in [0.15, 0.2) is 0 Å². The molecule has 0 aromatic heterocycles. The molecular weight excluding hydrogens is 202 g/mol. The van der Waals surface area contributed by atoms with Crippen molar-refractivity contribution in [1.29, 1.82) is 0 Å². The highest BCUT2D eigenvalue weighted by Crippen LogP contribution is 2.25. The predicted molar refractivity (Wildman–Crippen MR) is 65.6 cm³/mol. The maximum atomic E-state index is 8.94. The second kappa shape index (κ2) is 5.87. The topological polar surface area (TPSA) is 55.5 Å². The fraction of sp³-hybridized carbons (Fsp3) is 0.538. The Kier molecular flexibility index (Phi) is 4.77. The van der Waals surface area contributed by atoms with Crippen LogP contribution < -0.4 is 10.5 Å². The minimum absolute atomic E-state index is 0.152. The zero-order valence-corrected chi connectivity index (χ0v) is 10.3. The zero-order chi connectivity index (χ0) is 12.1. The molecule has 0 radical (unpaired) electrons. The number of hydrogen-bond donors (Lipinski definition) is 2. The van der Waals surface area contributed by atoms with Crippen LogP contribution in [-0.2, 0) is 6.54 Å². The summed E-state index contributed by atoms with van der Waals surface area (Å²) in [5.41, 5.74) is 8.94. The van der Waals surface area contributed by atoms with Gasteiger partial charge in [-0.2, -0.15) is 0 Å². The summed E-state index contributed by atoms with van der Waals surface area (Å²) in [6.45, 7) is 7.24. The fourth-order valence-electron chi connectivity index (χ4n) is 1.66. The maximum Gasteiger partial charge on any atom is 0.125 e. The Morgan fingerprint density at radius 3 is 2.31 bits per heavy atom. The van der Waals surface area contributed by atoms with Gasteiger partial charge in [0.05, 0.1) is 6.61 Å². The molecule has 0 aliphatic heterocycles. The molecular formula is C13H21NO2. The number of hydrogen-bond acceptors (Lipinski definition) is 3. The molecule has 0 saturated heterocycles. The van der Waals surface area contributed by atoms with Gasteiger partial charge in [0.2, 0.25) is 0 Å². The number of ether oxygens (including phenoxy) is 1. The van der Waals surface area contributed by atoms with E-state index in [1.54, 1.807) is 0 Å². The van der Waals surface area contributed by atoms with E-state index in [2.05, 4.69) is 0 Å². The monoisotopic (exact) mass is 223 g/mol. The molecule has 1 aromatic rings. The standard InChI is InChI=1S/C13H21NO2/c1-9(7-15)8-16-13-10(2)4-12(6-14)5-11(13)3/h4-5,9,15H,6-8,14H2,1-3H3. The molecule has 0 amide bonds. The molecule has 0 fully saturated rings. The second-order valence-electron chi connectivity index (χ2n) is 4.36. The summed E-state index contributed by atoms with van der Waals surface area (Å²) >= 11 is 0. The smallest absolute Gasteiger partial charge is 0.125 e. The Bertz CT molecular complexity index is 327. The van der Waals surface area contributed by atoms with Crippen molar-refractivity contribution in [1.82, 2.24) is 0 Å². The second-order valence-corrected chi connectivity index (χ2v) is 4.36. The Morgan fingerprint density at radius 1 is 1.31 bits per heavy atom. The van der Waals surface area contributed by atoms with E-state index in [1.807, 2.05) is 32.9 Å². The zero-order valence-electron chi connectivity index (χ0n) is 10.3. The molecule has 1 unspecified atom stereocenters. The predicted octanol–water partition coefficient (Wildman–Crippen LogP) is 1.77. The van der Waals surface area contributed by atoms with E-state index in [-0.39, 0.29) is 12.5 Å². The van der Waals surface area contributed by atoms with E-state index in [9.17, 15) is 0 Å². The molecule has 0 saturated carbocycles. The fourth-order valence-corrected chi connectivity index (χ4v) is 1.66. The molecule has 0 aliphatic rings. The van der Waals surface area contributed by atoms with Gasteiger partial charge in [-0.05, 0) is 30.5 Å². The van der Waals surface area contributed by atoms with E-state index in [1.165, 1.54) is 0 Å². The van der Waals surface area contributed by atoms with Crippen molar-refractivity contribution in [3.63, 3.8) is 0 Å². The molecule has 16 heavy (non-hydrogen) atoms. The van der Waals surface area contributed by atoms with Gasteiger partial charge in [-0.25, -0.2) is 0 Å². The lowest BCUT2D eigenvalue weighted by molar-refractivity contribution is 0.173. The third kappa shape index (κ3) is 3.22. The first-order chi connectivity index (χ1) is 7.58. The molecule has 0 aliphatic carbocycles. The molecule has 0 spiro atoms. The Balaban J connectivity index is 2.80. The lowest BCUT2D eigenvalue weighted by Gasteiger charge is -2.15. The van der Waals surface area contributed by atoms with E-state index < -0.39 is 0 Å². The largest absolute Gasteiger partial charge is 0.493 e. The third-order valence-corrected chi connectivity index (χ3v) is 2.58. The van der Waals surface area contributed by atoms with Crippen LogP contribution in [0, 0.1) is 19.8 Å². The van der Waals surface area contributed by atoms with Crippen LogP contribution in [0.1, 0.15) is 23.6 Å². The van der Waals surface area contributed by atoms with Gasteiger partial charge in [0.25, 0.3) is 0 Å². The van der Waals surface area contributed by atoms with E-state index in [0.717, 1.165) is 22.4 Å². The average molecular weight is 223 g/mol. The normalized spacial score (nSPS) is 12.6. The molecule has 3 heteroatoms. The number of aryl methyl sites for hydroxylation is 2. The van der Waals surface area contributed by atoms with Crippen LogP contribution in [0.3, 0.4) is 0 Å². The molecule has 1 rings (SSSR count). The summed E-state index contributed by atoms with van der Waals surface area (Å²) in [7, 11) is 0. The lowest BCUT2D eigenvalue weighted by Crippen LogP contribution is -2.13. The van der Waals surface area contributed by atoms with Gasteiger partial charge >= 0.3 is 0 Å². The number of benzene rings is 1. The van der Waals surface area contributed by atoms with Gasteiger partial charge in [-0.15, -0.1) is 0 Å². The summed E-state index contributed by atoms with van der Waals surface area (Å²) in [5.74, 6) is 1.07. The summed E-state index contributed by atoms with van der Waals surface area (Å²) in [6, 6.07) is 4.10. The molecule has 1 aromatic carbocycles. The first kappa shape index (κ1) is 13.0. The maximum absolute atomic E-state index is 8.94. The minimum Gasteiger partial charge on any atom is -0.493 e. The van der Waals surface area contributed by atoms with Gasteiger partial charge < -0.3 is 15.6 Å². The first-order valence-corrected chi connectivity index (χ1v) is 5.62. The highest BCUT2D eigenvalue weighted by atomic mass is 16.5. The van der Waals surface area contributed by atoms with Crippen molar-refractivity contribution in [3.8, 4) is 5.75 Å². The number of rotatable bonds is 5. The van der Waals surface area contributed by atoms with Crippen molar-refractivity contribution in [2.75, 3.05) is 13.2 Å². The number of aliphatic hydroxyl groups excluding tert-OH is 1.